The summed E-state index contributed by atoms with van der Waals surface area (Å²) >= 11 is 0. The first-order valence-corrected chi connectivity index (χ1v) is 50.1. The van der Waals surface area contributed by atoms with E-state index in [9.17, 15) is 0 Å². The van der Waals surface area contributed by atoms with Crippen LogP contribution < -0.4 is 0 Å². The second kappa shape index (κ2) is 86.5. The molecular formula is C130H205N10O5Zr5. The van der Waals surface area contributed by atoms with Gasteiger partial charge in [-0.25, -0.2) is 0 Å². The Morgan fingerprint density at radius 1 is 0.173 bits per heavy atom. The van der Waals surface area contributed by atoms with E-state index in [-0.39, 0.29) is 205 Å². The molecule has 0 spiro atoms. The molecule has 0 aliphatic rings. The fourth-order valence-corrected chi connectivity index (χ4v) is 17.1. The maximum absolute atomic E-state index is 4.95. The second-order valence-electron chi connectivity index (χ2n) is 37.9. The number of nitrogens with zero attached hydrogens (tertiary/aromatic N) is 10. The zero-order valence-corrected chi connectivity index (χ0v) is 115. The van der Waals surface area contributed by atoms with Crippen molar-refractivity contribution in [1.82, 2.24) is 0 Å². The normalized spacial score (nSPS) is 9.96. The average molecular weight is 2440 g/mol. The van der Waals surface area contributed by atoms with Crippen LogP contribution in [0, 0.1) is 240 Å². The van der Waals surface area contributed by atoms with E-state index in [1.54, 1.807) is 0 Å². The summed E-state index contributed by atoms with van der Waals surface area (Å²) in [5.41, 5.74) is 50.7. The summed E-state index contributed by atoms with van der Waals surface area (Å²) in [4.78, 5) is 0. The van der Waals surface area contributed by atoms with Crippen molar-refractivity contribution in [3.63, 3.8) is 0 Å². The van der Waals surface area contributed by atoms with Gasteiger partial charge in [0.1, 0.15) is 66.1 Å². The minimum absolute atomic E-state index is 0. The third-order valence-electron chi connectivity index (χ3n) is 26.8. The van der Waals surface area contributed by atoms with Crippen LogP contribution in [0.15, 0.2) is 121 Å². The van der Waals surface area contributed by atoms with Gasteiger partial charge in [-0.3, -0.25) is 0 Å². The molecule has 0 amide bonds. The Balaban J connectivity index is -0.000000200. The molecule has 10 aromatic rings. The van der Waals surface area contributed by atoms with Crippen LogP contribution >= 0.6 is 0 Å². The van der Waals surface area contributed by atoms with Gasteiger partial charge in [-0.1, -0.05) is 367 Å². The number of benzene rings is 10. The van der Waals surface area contributed by atoms with Crippen molar-refractivity contribution in [2.45, 2.75) is 272 Å². The Kier molecular flexibility index (Phi) is 94.8. The minimum Gasteiger partial charge on any atom is -0.678 e. The minimum atomic E-state index is 0. The van der Waals surface area contributed by atoms with E-state index in [4.69, 9.17) is 47.3 Å². The smallest absolute Gasteiger partial charge is 0.678 e. The van der Waals surface area contributed by atoms with Crippen LogP contribution in [0.25, 0.3) is 53.2 Å². The molecule has 20 heteroatoms. The van der Waals surface area contributed by atoms with Crippen molar-refractivity contribution in [1.29, 1.82) is 0 Å². The van der Waals surface area contributed by atoms with Gasteiger partial charge >= 0.3 is 131 Å². The van der Waals surface area contributed by atoms with Gasteiger partial charge in [0, 0.05) is 0 Å². The summed E-state index contributed by atoms with van der Waals surface area (Å²) in [5, 5.41) is 48.1. The number of hydrogen-bond acceptors (Lipinski definition) is 0. The van der Waals surface area contributed by atoms with Crippen LogP contribution in [0.4, 0.5) is 56.9 Å². The van der Waals surface area contributed by atoms with Gasteiger partial charge < -0.3 is 151 Å². The molecule has 0 aliphatic carbocycles. The van der Waals surface area contributed by atoms with E-state index < -0.39 is 0 Å². The summed E-state index contributed by atoms with van der Waals surface area (Å²) in [6, 6.07) is 43.0. The average Bonchev–Trinajstić information content (AvgIpc) is 0.816. The number of hydrogen-bond donors (Lipinski definition) is 0. The molecule has 0 aliphatic heterocycles. The monoisotopic (exact) mass is 2440 g/mol. The number of ether oxygens (including phenoxy) is 5. The van der Waals surface area contributed by atoms with Crippen LogP contribution in [0.1, 0.15) is 260 Å². The molecule has 0 fully saturated rings. The molecule has 0 unspecified atom stereocenters. The standard InChI is InChI=1S/C28H42N2O.C26H38N2O.C24H34N2O.C22H30N2O.C20H26N2O.10CH3.5Zr/c1-19(2)23-11-9-12-24(20(3)4)27(23)29-15-17-31-18-16-30-28-25(21(5)6)13-10-14-26(28)22(7)8;1-15-17(3)21(7)25(22(8)18(15)4)27-11-13-29-14-12-28-26-23(9)19(5)16(2)20(6)24(26)10;1-15-13-16(2)20(6)23(19(15)5)25-9-11-27-12-10-26-24-21(7)17(3)14-18(4)22(24)8;1-5-19-11-7-9-17(3)21(19)23-13-15-25-16-14-24-22-18(4)10-8-12-20(22)6-2;1-15-7-5-8-16(2)19(15)21-11-13-23-14-12-22-20-17(3)9-6-10-18(20)4;;;;;;;;;;;;;;;/h9-14,19-22H,15-18H2,1-8H3;11-14H2,1-10H3;13-14H,9-12H2,1-8H3;7-12H,5-6,13-16H2,1-4H3;5-10H,11-14H2,1-4H3;10*1H3;;;;;/q5*-2;10*-1;5*+3/p+5. The summed E-state index contributed by atoms with van der Waals surface area (Å²) in [5.74, 6) is 1.91. The SMILES string of the molecule is CC(C)c1cccc(C(C)C)c1[N-]CC[OH+]CC[N-]c1c(C(C)C)cccc1C(C)C.CCc1cccc(C)c1[N-]CC[OH+]CC[N-]c1c(C)cccc1CC.Cc1c(C)c(C)c([N-]CC[OH+]CC[N-]c2c(C)c(C)c(C)c(C)c2C)c(C)c1C.Cc1cc(C)c(C)c([N-]CC[OH+]CC[N-]c2c(C)c(C)cc(C)c2C)c1C.Cc1cccc(C)c1[N-]CC[OH+]CC[N-]c1c(C)cccc1C.[CH3-].[CH3-].[CH3-].[CH3-].[CH3-].[CH3-].[CH3-].[CH3-].[CH3-].[CH3-].[Zr+3].[Zr+3].[Zr+3].[Zr+3].[Zr+3]. The first-order chi connectivity index (χ1) is 64.3. The molecule has 0 heterocycles. The maximum atomic E-state index is 4.95. The number of aryl methyl sites for hydroxylation is 12. The van der Waals surface area contributed by atoms with E-state index in [2.05, 4.69) is 386 Å². The quantitative estimate of drug-likeness (QED) is 0.0198. The number of rotatable bonds is 46. The van der Waals surface area contributed by atoms with E-state index in [0.29, 0.717) is 23.7 Å². The van der Waals surface area contributed by atoms with Crippen LogP contribution in [-0.4, -0.2) is 155 Å². The van der Waals surface area contributed by atoms with E-state index >= 15 is 0 Å². The van der Waals surface area contributed by atoms with Gasteiger partial charge in [0.2, 0.25) is 0 Å². The van der Waals surface area contributed by atoms with Gasteiger partial charge in [-0.15, -0.1) is 56.9 Å². The Morgan fingerprint density at radius 2 is 0.320 bits per heavy atom. The Hall–Kier alpha value is -5.58. The molecule has 150 heavy (non-hydrogen) atoms. The van der Waals surface area contributed by atoms with Crippen molar-refractivity contribution >= 4 is 56.9 Å². The molecular weight excluding hydrogens is 2240 g/mol. The fraction of sp³-hybridized carbons (Fsp3) is 0.462. The molecule has 825 valence electrons. The predicted molar refractivity (Wildman–Crippen MR) is 656 cm³/mol. The third kappa shape index (κ3) is 51.0. The van der Waals surface area contributed by atoms with Crippen LogP contribution in [0.2, 0.25) is 0 Å². The van der Waals surface area contributed by atoms with Crippen molar-refractivity contribution in [2.24, 2.45) is 0 Å². The molecule has 10 aromatic carbocycles. The van der Waals surface area contributed by atoms with E-state index in [1.807, 2.05) is 0 Å². The van der Waals surface area contributed by atoms with Crippen molar-refractivity contribution in [3.05, 3.63) is 416 Å². The molecule has 0 bridgehead atoms. The van der Waals surface area contributed by atoms with Crippen LogP contribution in [0.5, 0.6) is 0 Å². The predicted octanol–water partition coefficient (Wildman–Crippen LogP) is 37.1. The molecule has 0 aromatic heterocycles. The van der Waals surface area contributed by atoms with Crippen molar-refractivity contribution in [3.8, 4) is 0 Å². The molecule has 5 N–H and O–H groups in total. The largest absolute Gasteiger partial charge is 3.00 e. The number of para-hydroxylation sites is 6. The second-order valence-corrected chi connectivity index (χ2v) is 37.9. The van der Waals surface area contributed by atoms with Crippen molar-refractivity contribution in [2.75, 3.05) is 132 Å². The van der Waals surface area contributed by atoms with Gasteiger partial charge in [-0.2, -0.15) is 0 Å². The number of aliphatic hydroxyl groups is 10. The fourth-order valence-electron chi connectivity index (χ4n) is 17.1. The van der Waals surface area contributed by atoms with Crippen LogP contribution in [-0.2, 0) is 144 Å². The Bertz CT molecular complexity index is 4840. The molecule has 15 nitrogen and oxygen atoms in total. The molecule has 5 radical (unpaired) electrons. The molecule has 0 saturated heterocycles. The molecule has 0 atom stereocenters. The van der Waals surface area contributed by atoms with Crippen LogP contribution in [0.3, 0.4) is 0 Å². The summed E-state index contributed by atoms with van der Waals surface area (Å²) in [6.45, 7) is 89.1. The first-order valence-electron chi connectivity index (χ1n) is 50.1. The Morgan fingerprint density at radius 3 is 0.507 bits per heavy atom. The first kappa shape index (κ1) is 164. The summed E-state index contributed by atoms with van der Waals surface area (Å²) in [7, 11) is 0. The van der Waals surface area contributed by atoms with Crippen molar-refractivity contribution < 1.29 is 155 Å². The third-order valence-corrected chi connectivity index (χ3v) is 26.8. The topological polar surface area (TPSA) is 205 Å². The zero-order valence-electron chi connectivity index (χ0n) is 103. The molecule has 10 rings (SSSR count). The summed E-state index contributed by atoms with van der Waals surface area (Å²) < 4.78 is 23.1. The van der Waals surface area contributed by atoms with E-state index in [0.717, 1.165) is 190 Å². The van der Waals surface area contributed by atoms with Gasteiger partial charge in [0.15, 0.2) is 0 Å². The van der Waals surface area contributed by atoms with Gasteiger partial charge in [0.05, 0.1) is 0 Å². The maximum Gasteiger partial charge on any atom is 3.00 e. The van der Waals surface area contributed by atoms with E-state index in [1.165, 1.54) is 178 Å². The zero-order chi connectivity index (χ0) is 99.7. The Labute approximate surface area is 1020 Å². The van der Waals surface area contributed by atoms with Gasteiger partial charge in [0.25, 0.3) is 0 Å². The summed E-state index contributed by atoms with van der Waals surface area (Å²) in [6.07, 6.45) is 2.04. The van der Waals surface area contributed by atoms with Gasteiger partial charge in [-0.05, 0) is 258 Å². The molecule has 0 saturated carbocycles.